The van der Waals surface area contributed by atoms with Gasteiger partial charge in [0, 0.05) is 6.54 Å². The number of unbranched alkanes of at least 4 members (excludes halogenated alkanes) is 3. The number of carbonyl (C=O) groups is 1. The zero-order chi connectivity index (χ0) is 11.7. The van der Waals surface area contributed by atoms with Gasteiger partial charge in [0.05, 0.1) is 27.7 Å². The van der Waals surface area contributed by atoms with Crippen molar-refractivity contribution >= 4 is 5.91 Å². The summed E-state index contributed by atoms with van der Waals surface area (Å²) in [6.45, 7) is 5.40. The Kier molecular flexibility index (Phi) is 10.8. The molecule has 0 aliphatic heterocycles. The van der Waals surface area contributed by atoms with E-state index in [0.29, 0.717) is 0 Å². The Morgan fingerprint density at radius 1 is 1.19 bits per heavy atom. The molecule has 1 amide bonds. The van der Waals surface area contributed by atoms with Gasteiger partial charge in [0.2, 0.25) is 5.91 Å². The largest absolute Gasteiger partial charge is 1.00 e. The standard InChI is InChI=1S/C12H24N2O.ClH/c1-5-12(15)13-10-8-6-7-9-11-14(2,3)4;/h5H,1,6-11H2,2-4H3;1H. The first-order valence-electron chi connectivity index (χ1n) is 5.66. The predicted octanol–water partition coefficient (Wildman–Crippen LogP) is -1.44. The van der Waals surface area contributed by atoms with Crippen LogP contribution < -0.4 is 17.7 Å². The summed E-state index contributed by atoms with van der Waals surface area (Å²) in [5.41, 5.74) is 0. The van der Waals surface area contributed by atoms with E-state index in [-0.39, 0.29) is 18.3 Å². The van der Waals surface area contributed by atoms with E-state index in [9.17, 15) is 4.79 Å². The normalized spacial score (nSPS) is 10.4. The van der Waals surface area contributed by atoms with Crippen LogP contribution in [0.2, 0.25) is 0 Å². The van der Waals surface area contributed by atoms with Gasteiger partial charge in [-0.3, -0.25) is 4.79 Å². The Hall–Kier alpha value is -0.540. The van der Waals surface area contributed by atoms with Crippen LogP contribution in [0, 0.1) is 0 Å². The number of quaternary nitrogens is 1. The lowest BCUT2D eigenvalue weighted by molar-refractivity contribution is -0.870. The summed E-state index contributed by atoms with van der Waals surface area (Å²) in [6, 6.07) is 0. The maximum Gasteiger partial charge on any atom is 0.243 e. The Bertz CT molecular complexity index is 200. The second-order valence-corrected chi connectivity index (χ2v) is 4.92. The molecular weight excluding hydrogens is 224 g/mol. The van der Waals surface area contributed by atoms with Gasteiger partial charge in [0.15, 0.2) is 0 Å². The summed E-state index contributed by atoms with van der Waals surface area (Å²) < 4.78 is 1.03. The van der Waals surface area contributed by atoms with Crippen LogP contribution in [0.5, 0.6) is 0 Å². The zero-order valence-corrected chi connectivity index (χ0v) is 11.5. The third kappa shape index (κ3) is 13.5. The monoisotopic (exact) mass is 248 g/mol. The van der Waals surface area contributed by atoms with Crippen LogP contribution in [0.1, 0.15) is 25.7 Å². The van der Waals surface area contributed by atoms with Crippen molar-refractivity contribution < 1.29 is 21.7 Å². The van der Waals surface area contributed by atoms with Crippen molar-refractivity contribution in [3.8, 4) is 0 Å². The van der Waals surface area contributed by atoms with Gasteiger partial charge in [-0.1, -0.05) is 13.0 Å². The third-order valence-corrected chi connectivity index (χ3v) is 2.24. The van der Waals surface area contributed by atoms with E-state index in [2.05, 4.69) is 33.0 Å². The topological polar surface area (TPSA) is 29.1 Å². The molecule has 0 fully saturated rings. The number of amides is 1. The maximum absolute atomic E-state index is 10.8. The van der Waals surface area contributed by atoms with E-state index in [1.165, 1.54) is 31.9 Å². The second kappa shape index (κ2) is 9.67. The summed E-state index contributed by atoms with van der Waals surface area (Å²) in [4.78, 5) is 10.8. The molecule has 0 unspecified atom stereocenters. The number of rotatable bonds is 8. The minimum atomic E-state index is -0.0682. The fourth-order valence-electron chi connectivity index (χ4n) is 1.35. The predicted molar refractivity (Wildman–Crippen MR) is 64.6 cm³/mol. The summed E-state index contributed by atoms with van der Waals surface area (Å²) in [6.07, 6.45) is 6.09. The van der Waals surface area contributed by atoms with Crippen LogP contribution in [0.3, 0.4) is 0 Å². The molecule has 0 aliphatic rings. The number of hydrogen-bond donors (Lipinski definition) is 1. The van der Waals surface area contributed by atoms with Crippen molar-refractivity contribution in [1.82, 2.24) is 5.32 Å². The van der Waals surface area contributed by atoms with Gasteiger partial charge in [-0.15, -0.1) is 0 Å². The first kappa shape index (κ1) is 17.8. The van der Waals surface area contributed by atoms with Gasteiger partial charge in [0.1, 0.15) is 0 Å². The third-order valence-electron chi connectivity index (χ3n) is 2.24. The number of nitrogens with zero attached hydrogens (tertiary/aromatic N) is 1. The van der Waals surface area contributed by atoms with Gasteiger partial charge >= 0.3 is 0 Å². The second-order valence-electron chi connectivity index (χ2n) is 4.92. The molecule has 0 aliphatic carbocycles. The van der Waals surface area contributed by atoms with E-state index in [1.54, 1.807) is 0 Å². The molecule has 4 heteroatoms. The fourth-order valence-corrected chi connectivity index (χ4v) is 1.35. The average Bonchev–Trinajstić information content (AvgIpc) is 2.14. The van der Waals surface area contributed by atoms with Crippen LogP contribution in [0.25, 0.3) is 0 Å². The average molecular weight is 249 g/mol. The summed E-state index contributed by atoms with van der Waals surface area (Å²) >= 11 is 0. The minimum absolute atomic E-state index is 0. The van der Waals surface area contributed by atoms with E-state index >= 15 is 0 Å². The van der Waals surface area contributed by atoms with E-state index in [4.69, 9.17) is 0 Å². The van der Waals surface area contributed by atoms with Gasteiger partial charge in [-0.05, 0) is 25.3 Å². The molecule has 0 aromatic rings. The van der Waals surface area contributed by atoms with Gasteiger partial charge in [-0.25, -0.2) is 0 Å². The SMILES string of the molecule is C=CC(=O)NCCCCCC[N+](C)(C)C.[Cl-]. The first-order chi connectivity index (χ1) is 6.95. The number of nitrogens with one attached hydrogen (secondary N) is 1. The Morgan fingerprint density at radius 2 is 1.75 bits per heavy atom. The van der Waals surface area contributed by atoms with Gasteiger partial charge in [-0.2, -0.15) is 0 Å². The summed E-state index contributed by atoms with van der Waals surface area (Å²) in [7, 11) is 6.64. The highest BCUT2D eigenvalue weighted by molar-refractivity contribution is 5.86. The molecule has 96 valence electrons. The highest BCUT2D eigenvalue weighted by Crippen LogP contribution is 2.02. The smallest absolute Gasteiger partial charge is 0.243 e. The Balaban J connectivity index is 0. The highest BCUT2D eigenvalue weighted by atomic mass is 35.5. The number of halogens is 1. The van der Waals surface area contributed by atoms with Crippen molar-refractivity contribution in [2.45, 2.75) is 25.7 Å². The fraction of sp³-hybridized carbons (Fsp3) is 0.750. The van der Waals surface area contributed by atoms with E-state index in [1.807, 2.05) is 0 Å². The van der Waals surface area contributed by atoms with Crippen LogP contribution >= 0.6 is 0 Å². The highest BCUT2D eigenvalue weighted by Gasteiger charge is 2.04. The van der Waals surface area contributed by atoms with Crippen molar-refractivity contribution in [2.75, 3.05) is 34.2 Å². The Labute approximate surface area is 106 Å². The Morgan fingerprint density at radius 3 is 2.25 bits per heavy atom. The van der Waals surface area contributed by atoms with Gasteiger partial charge < -0.3 is 22.2 Å². The lowest BCUT2D eigenvalue weighted by atomic mass is 10.2. The van der Waals surface area contributed by atoms with Gasteiger partial charge in [0.25, 0.3) is 0 Å². The van der Waals surface area contributed by atoms with Crippen LogP contribution in [-0.4, -0.2) is 44.6 Å². The molecule has 0 heterocycles. The van der Waals surface area contributed by atoms with E-state index < -0.39 is 0 Å². The molecule has 0 rings (SSSR count). The van der Waals surface area contributed by atoms with E-state index in [0.717, 1.165) is 17.4 Å². The van der Waals surface area contributed by atoms with Crippen LogP contribution in [0.15, 0.2) is 12.7 Å². The molecule has 0 atom stereocenters. The molecule has 3 nitrogen and oxygen atoms in total. The minimum Gasteiger partial charge on any atom is -1.00 e. The molecule has 0 saturated carbocycles. The summed E-state index contributed by atoms with van der Waals surface area (Å²) in [5.74, 6) is -0.0682. The molecule has 0 aromatic heterocycles. The summed E-state index contributed by atoms with van der Waals surface area (Å²) in [5, 5.41) is 2.78. The van der Waals surface area contributed by atoms with Crippen LogP contribution in [0.4, 0.5) is 0 Å². The lowest BCUT2D eigenvalue weighted by Crippen LogP contribution is -3.00. The molecule has 0 saturated heterocycles. The van der Waals surface area contributed by atoms with Crippen LogP contribution in [-0.2, 0) is 4.79 Å². The number of carbonyl (C=O) groups excluding carboxylic acids is 1. The molecule has 0 radical (unpaired) electrons. The number of hydrogen-bond acceptors (Lipinski definition) is 1. The van der Waals surface area contributed by atoms with Crippen molar-refractivity contribution in [3.63, 3.8) is 0 Å². The van der Waals surface area contributed by atoms with Crippen molar-refractivity contribution in [1.29, 1.82) is 0 Å². The van der Waals surface area contributed by atoms with Crippen molar-refractivity contribution in [2.24, 2.45) is 0 Å². The molecule has 0 aromatic carbocycles. The zero-order valence-electron chi connectivity index (χ0n) is 10.8. The molecule has 0 spiro atoms. The molecule has 1 N–H and O–H groups in total. The lowest BCUT2D eigenvalue weighted by Gasteiger charge is -2.23. The molecule has 0 bridgehead atoms. The maximum atomic E-state index is 10.8. The molecular formula is C12H25ClN2O. The quantitative estimate of drug-likeness (QED) is 0.318. The first-order valence-corrected chi connectivity index (χ1v) is 5.66. The van der Waals surface area contributed by atoms with Crippen molar-refractivity contribution in [3.05, 3.63) is 12.7 Å². The molecule has 16 heavy (non-hydrogen) atoms.